The topological polar surface area (TPSA) is 50.8 Å². The Labute approximate surface area is 167 Å². The van der Waals surface area contributed by atoms with Gasteiger partial charge in [0.05, 0.1) is 13.7 Å². The highest BCUT2D eigenvalue weighted by Gasteiger charge is 2.25. The summed E-state index contributed by atoms with van der Waals surface area (Å²) in [5.74, 6) is 2.32. The summed E-state index contributed by atoms with van der Waals surface area (Å²) >= 11 is 0. The Balaban J connectivity index is 1.57. The van der Waals surface area contributed by atoms with Gasteiger partial charge in [0.25, 0.3) is 0 Å². The number of hydrogen-bond acceptors (Lipinski definition) is 4. The average Bonchev–Trinajstić information content (AvgIpc) is 3.55. The number of carbonyl (C=O) groups excluding carboxylic acids is 1. The Hall–Kier alpha value is -2.53. The summed E-state index contributed by atoms with van der Waals surface area (Å²) in [7, 11) is 3.36. The Morgan fingerprint density at radius 1 is 1.11 bits per heavy atom. The molecule has 5 nitrogen and oxygen atoms in total. The molecule has 150 valence electrons. The third-order valence-corrected chi connectivity index (χ3v) is 5.04. The van der Waals surface area contributed by atoms with E-state index in [2.05, 4.69) is 16.3 Å². The molecular formula is C23H30N2O3. The lowest BCUT2D eigenvalue weighted by Crippen LogP contribution is -2.38. The third-order valence-electron chi connectivity index (χ3n) is 5.04. The smallest absolute Gasteiger partial charge is 0.233 e. The fourth-order valence-electron chi connectivity index (χ4n) is 3.19. The van der Waals surface area contributed by atoms with Gasteiger partial charge in [-0.25, -0.2) is 0 Å². The molecule has 1 aliphatic carbocycles. The number of methoxy groups -OCH3 is 1. The second-order valence-electron chi connectivity index (χ2n) is 7.36. The van der Waals surface area contributed by atoms with Gasteiger partial charge in [-0.1, -0.05) is 36.4 Å². The van der Waals surface area contributed by atoms with Crippen LogP contribution in [0.2, 0.25) is 0 Å². The van der Waals surface area contributed by atoms with Crippen LogP contribution in [-0.4, -0.2) is 44.6 Å². The number of nitrogens with one attached hydrogen (secondary N) is 1. The fourth-order valence-corrected chi connectivity index (χ4v) is 3.19. The standard InChI is InChI=1S/C23H30N2O3/c1-24-23(26)16-25(15-19-8-9-19)13-12-18-10-11-21(22(14-18)27-2)28-17-20-6-4-3-5-7-20/h3-7,10-11,14,19H,8-9,12-13,15-17H2,1-2H3,(H,24,26). The van der Waals surface area contributed by atoms with Gasteiger partial charge in [-0.05, 0) is 48.4 Å². The van der Waals surface area contributed by atoms with Crippen molar-refractivity contribution < 1.29 is 14.3 Å². The predicted octanol–water partition coefficient (Wildman–Crippen LogP) is 3.27. The number of rotatable bonds is 11. The van der Waals surface area contributed by atoms with Crippen molar-refractivity contribution in [3.8, 4) is 11.5 Å². The lowest BCUT2D eigenvalue weighted by atomic mass is 10.1. The van der Waals surface area contributed by atoms with Crippen LogP contribution in [0, 0.1) is 5.92 Å². The maximum atomic E-state index is 11.8. The van der Waals surface area contributed by atoms with Gasteiger partial charge in [-0.3, -0.25) is 9.69 Å². The van der Waals surface area contributed by atoms with Crippen LogP contribution in [0.1, 0.15) is 24.0 Å². The fraction of sp³-hybridized carbons (Fsp3) is 0.435. The molecule has 28 heavy (non-hydrogen) atoms. The van der Waals surface area contributed by atoms with Crippen molar-refractivity contribution in [1.82, 2.24) is 10.2 Å². The number of carbonyl (C=O) groups is 1. The Bertz CT molecular complexity index is 760. The van der Waals surface area contributed by atoms with E-state index in [1.807, 2.05) is 42.5 Å². The number of benzene rings is 2. The minimum absolute atomic E-state index is 0.0721. The summed E-state index contributed by atoms with van der Waals surface area (Å²) in [5.41, 5.74) is 2.31. The van der Waals surface area contributed by atoms with E-state index in [0.29, 0.717) is 13.2 Å². The largest absolute Gasteiger partial charge is 0.493 e. The summed E-state index contributed by atoms with van der Waals surface area (Å²) in [6.07, 6.45) is 3.44. The zero-order valence-electron chi connectivity index (χ0n) is 16.8. The number of ether oxygens (including phenoxy) is 2. The van der Waals surface area contributed by atoms with E-state index in [9.17, 15) is 4.79 Å². The van der Waals surface area contributed by atoms with Gasteiger partial charge in [-0.15, -0.1) is 0 Å². The summed E-state index contributed by atoms with van der Waals surface area (Å²) in [6.45, 7) is 2.83. The van der Waals surface area contributed by atoms with Crippen LogP contribution in [0.25, 0.3) is 0 Å². The first-order valence-electron chi connectivity index (χ1n) is 9.94. The molecule has 1 saturated carbocycles. The van der Waals surface area contributed by atoms with Crippen LogP contribution in [0.15, 0.2) is 48.5 Å². The maximum absolute atomic E-state index is 11.8. The average molecular weight is 383 g/mol. The molecule has 0 saturated heterocycles. The van der Waals surface area contributed by atoms with Gasteiger partial charge in [0.15, 0.2) is 11.5 Å². The minimum Gasteiger partial charge on any atom is -0.493 e. The molecule has 5 heteroatoms. The number of amides is 1. The highest BCUT2D eigenvalue weighted by atomic mass is 16.5. The Morgan fingerprint density at radius 2 is 1.89 bits per heavy atom. The van der Waals surface area contributed by atoms with Crippen molar-refractivity contribution in [3.05, 3.63) is 59.7 Å². The molecule has 1 N–H and O–H groups in total. The van der Waals surface area contributed by atoms with Gasteiger partial charge in [0, 0.05) is 20.1 Å². The zero-order valence-corrected chi connectivity index (χ0v) is 16.8. The van der Waals surface area contributed by atoms with Crippen LogP contribution in [0.3, 0.4) is 0 Å². The highest BCUT2D eigenvalue weighted by Crippen LogP contribution is 2.31. The number of likely N-dealkylation sites (N-methyl/N-ethyl adjacent to an activating group) is 1. The van der Waals surface area contributed by atoms with E-state index < -0.39 is 0 Å². The van der Waals surface area contributed by atoms with Gasteiger partial charge >= 0.3 is 0 Å². The van der Waals surface area contributed by atoms with E-state index in [-0.39, 0.29) is 5.91 Å². The molecular weight excluding hydrogens is 352 g/mol. The van der Waals surface area contributed by atoms with Crippen LogP contribution >= 0.6 is 0 Å². The predicted molar refractivity (Wildman–Crippen MR) is 111 cm³/mol. The van der Waals surface area contributed by atoms with Gasteiger partial charge in [0.2, 0.25) is 5.91 Å². The second kappa shape index (κ2) is 10.1. The molecule has 0 spiro atoms. The molecule has 1 amide bonds. The van der Waals surface area contributed by atoms with Gasteiger partial charge in [0.1, 0.15) is 6.61 Å². The van der Waals surface area contributed by atoms with Crippen molar-refractivity contribution in [2.45, 2.75) is 25.9 Å². The summed E-state index contributed by atoms with van der Waals surface area (Å²) in [5, 5.41) is 2.72. The van der Waals surface area contributed by atoms with Crippen LogP contribution in [-0.2, 0) is 17.8 Å². The molecule has 3 rings (SSSR count). The molecule has 1 aliphatic rings. The number of nitrogens with zero attached hydrogens (tertiary/aromatic N) is 1. The minimum atomic E-state index is 0.0721. The van der Waals surface area contributed by atoms with Crippen molar-refractivity contribution in [2.24, 2.45) is 5.92 Å². The first-order valence-corrected chi connectivity index (χ1v) is 9.94. The van der Waals surface area contributed by atoms with Gasteiger partial charge in [-0.2, -0.15) is 0 Å². The molecule has 0 bridgehead atoms. The first kappa shape index (κ1) is 20.2. The monoisotopic (exact) mass is 382 g/mol. The van der Waals surface area contributed by atoms with Crippen LogP contribution < -0.4 is 14.8 Å². The summed E-state index contributed by atoms with van der Waals surface area (Å²) in [4.78, 5) is 14.0. The summed E-state index contributed by atoms with van der Waals surface area (Å²) < 4.78 is 11.5. The lowest BCUT2D eigenvalue weighted by molar-refractivity contribution is -0.121. The molecule has 0 aromatic heterocycles. The van der Waals surface area contributed by atoms with Crippen molar-refractivity contribution in [3.63, 3.8) is 0 Å². The number of hydrogen-bond donors (Lipinski definition) is 1. The van der Waals surface area contributed by atoms with E-state index in [4.69, 9.17) is 9.47 Å². The van der Waals surface area contributed by atoms with Crippen molar-refractivity contribution in [2.75, 3.05) is 33.8 Å². The maximum Gasteiger partial charge on any atom is 0.233 e. The molecule has 0 radical (unpaired) electrons. The normalized spacial score (nSPS) is 13.4. The SMILES string of the molecule is CNC(=O)CN(CCc1ccc(OCc2ccccc2)c(OC)c1)CC1CC1. The molecule has 0 atom stereocenters. The second-order valence-corrected chi connectivity index (χ2v) is 7.36. The molecule has 0 heterocycles. The third kappa shape index (κ3) is 6.27. The van der Waals surface area contributed by atoms with Crippen LogP contribution in [0.5, 0.6) is 11.5 Å². The molecule has 0 unspecified atom stereocenters. The van der Waals surface area contributed by atoms with E-state index in [0.717, 1.165) is 42.5 Å². The van der Waals surface area contributed by atoms with Gasteiger partial charge < -0.3 is 14.8 Å². The van der Waals surface area contributed by atoms with E-state index >= 15 is 0 Å². The van der Waals surface area contributed by atoms with Crippen LogP contribution in [0.4, 0.5) is 0 Å². The summed E-state index contributed by atoms with van der Waals surface area (Å²) in [6, 6.07) is 16.2. The Kier molecular flexibility index (Phi) is 7.31. The Morgan fingerprint density at radius 3 is 2.57 bits per heavy atom. The molecule has 1 fully saturated rings. The van der Waals surface area contributed by atoms with Crippen molar-refractivity contribution in [1.29, 1.82) is 0 Å². The molecule has 2 aromatic carbocycles. The highest BCUT2D eigenvalue weighted by molar-refractivity contribution is 5.77. The molecule has 0 aliphatic heterocycles. The van der Waals surface area contributed by atoms with E-state index in [1.165, 1.54) is 18.4 Å². The quantitative estimate of drug-likeness (QED) is 0.648. The van der Waals surface area contributed by atoms with E-state index in [1.54, 1.807) is 14.2 Å². The zero-order chi connectivity index (χ0) is 19.8. The first-order chi connectivity index (χ1) is 13.7. The lowest BCUT2D eigenvalue weighted by Gasteiger charge is -2.21. The molecule has 2 aromatic rings. The van der Waals surface area contributed by atoms with Crippen molar-refractivity contribution >= 4 is 5.91 Å².